The van der Waals surface area contributed by atoms with Crippen LogP contribution >= 0.6 is 0 Å². The molecule has 2 atom stereocenters. The van der Waals surface area contributed by atoms with E-state index in [0.717, 1.165) is 24.1 Å². The average molecular weight is 262 g/mol. The number of hydrogen-bond donors (Lipinski definition) is 2. The first-order valence-corrected chi connectivity index (χ1v) is 7.04. The summed E-state index contributed by atoms with van der Waals surface area (Å²) in [5.74, 6) is 0.707. The second kappa shape index (κ2) is 6.66. The quantitative estimate of drug-likeness (QED) is 0.856. The zero-order valence-electron chi connectivity index (χ0n) is 11.4. The Kier molecular flexibility index (Phi) is 4.91. The van der Waals surface area contributed by atoms with Gasteiger partial charge in [-0.2, -0.15) is 0 Å². The lowest BCUT2D eigenvalue weighted by Gasteiger charge is -2.26. The van der Waals surface area contributed by atoms with Gasteiger partial charge in [0, 0.05) is 12.7 Å². The van der Waals surface area contributed by atoms with Crippen molar-refractivity contribution in [2.75, 3.05) is 6.54 Å². The van der Waals surface area contributed by atoms with Crippen LogP contribution in [0.15, 0.2) is 18.3 Å². The molecule has 1 saturated carbocycles. The van der Waals surface area contributed by atoms with E-state index in [2.05, 4.69) is 17.2 Å². The van der Waals surface area contributed by atoms with Crippen molar-refractivity contribution in [1.29, 1.82) is 0 Å². The highest BCUT2D eigenvalue weighted by atomic mass is 16.4. The Labute approximate surface area is 114 Å². The molecule has 2 rings (SSSR count). The number of carboxylic acids is 1. The van der Waals surface area contributed by atoms with Gasteiger partial charge in [-0.1, -0.05) is 19.8 Å². The van der Waals surface area contributed by atoms with Gasteiger partial charge in [0.2, 0.25) is 0 Å². The van der Waals surface area contributed by atoms with E-state index >= 15 is 0 Å². The third-order valence-electron chi connectivity index (χ3n) is 3.86. The number of nitrogens with zero attached hydrogens (tertiary/aromatic N) is 1. The number of aromatic carboxylic acids is 1. The topological polar surface area (TPSA) is 62.2 Å². The summed E-state index contributed by atoms with van der Waals surface area (Å²) in [7, 11) is 0. The monoisotopic (exact) mass is 262 g/mol. The van der Waals surface area contributed by atoms with Gasteiger partial charge in [0.15, 0.2) is 0 Å². The normalized spacial score (nSPS) is 23.2. The van der Waals surface area contributed by atoms with E-state index in [-0.39, 0.29) is 5.56 Å². The van der Waals surface area contributed by atoms with Crippen molar-refractivity contribution in [2.45, 2.75) is 39.2 Å². The number of rotatable bonds is 5. The molecule has 104 valence electrons. The molecule has 1 aromatic heterocycles. The first-order chi connectivity index (χ1) is 9.15. The molecule has 2 N–H and O–H groups in total. The Balaban J connectivity index is 1.74. The number of carboxylic acid groups (broad SMARTS) is 1. The van der Waals surface area contributed by atoms with Crippen LogP contribution in [-0.2, 0) is 6.54 Å². The molecule has 0 bridgehead atoms. The van der Waals surface area contributed by atoms with Crippen LogP contribution in [0.1, 0.15) is 48.7 Å². The van der Waals surface area contributed by atoms with Crippen molar-refractivity contribution < 1.29 is 9.90 Å². The molecule has 1 aliphatic carbocycles. The van der Waals surface area contributed by atoms with Crippen molar-refractivity contribution in [1.82, 2.24) is 10.3 Å². The van der Waals surface area contributed by atoms with Crippen molar-refractivity contribution in [3.63, 3.8) is 0 Å². The summed E-state index contributed by atoms with van der Waals surface area (Å²) in [6.07, 6.45) is 6.77. The molecule has 0 aliphatic heterocycles. The van der Waals surface area contributed by atoms with Gasteiger partial charge < -0.3 is 10.4 Å². The highest BCUT2D eigenvalue weighted by Gasteiger charge is 2.18. The van der Waals surface area contributed by atoms with Crippen LogP contribution in [-0.4, -0.2) is 22.6 Å². The van der Waals surface area contributed by atoms with Crippen molar-refractivity contribution in [2.24, 2.45) is 11.8 Å². The molecule has 0 saturated heterocycles. The molecule has 2 unspecified atom stereocenters. The Morgan fingerprint density at radius 3 is 2.95 bits per heavy atom. The fourth-order valence-corrected chi connectivity index (χ4v) is 2.81. The molecule has 0 spiro atoms. The smallest absolute Gasteiger partial charge is 0.337 e. The van der Waals surface area contributed by atoms with Gasteiger partial charge in [-0.25, -0.2) is 4.79 Å². The number of pyridine rings is 1. The standard InChI is InChI=1S/C15H22N2O2/c1-11-3-2-4-12(7-11)8-16-10-14-6-5-13(9-17-14)15(18)19/h5-6,9,11-12,16H,2-4,7-8,10H2,1H3,(H,18,19). The molecule has 19 heavy (non-hydrogen) atoms. The van der Waals surface area contributed by atoms with Gasteiger partial charge in [0.05, 0.1) is 11.3 Å². The van der Waals surface area contributed by atoms with Crippen LogP contribution < -0.4 is 5.32 Å². The molecular weight excluding hydrogens is 240 g/mol. The predicted octanol–water partition coefficient (Wildman–Crippen LogP) is 2.70. The largest absolute Gasteiger partial charge is 0.478 e. The van der Waals surface area contributed by atoms with Crippen LogP contribution in [0.5, 0.6) is 0 Å². The first-order valence-electron chi connectivity index (χ1n) is 7.04. The van der Waals surface area contributed by atoms with E-state index in [9.17, 15) is 4.79 Å². The van der Waals surface area contributed by atoms with E-state index in [1.807, 2.05) is 0 Å². The highest BCUT2D eigenvalue weighted by molar-refractivity contribution is 5.87. The maximum Gasteiger partial charge on any atom is 0.337 e. The fourth-order valence-electron chi connectivity index (χ4n) is 2.81. The predicted molar refractivity (Wildman–Crippen MR) is 74.0 cm³/mol. The van der Waals surface area contributed by atoms with Gasteiger partial charge in [0.25, 0.3) is 0 Å². The molecule has 0 radical (unpaired) electrons. The second-order valence-electron chi connectivity index (χ2n) is 5.61. The van der Waals surface area contributed by atoms with E-state index in [1.165, 1.54) is 31.9 Å². The zero-order chi connectivity index (χ0) is 13.7. The minimum Gasteiger partial charge on any atom is -0.478 e. The van der Waals surface area contributed by atoms with E-state index in [1.54, 1.807) is 12.1 Å². The molecule has 1 aromatic rings. The maximum atomic E-state index is 10.7. The molecule has 1 aliphatic rings. The maximum absolute atomic E-state index is 10.7. The van der Waals surface area contributed by atoms with Gasteiger partial charge >= 0.3 is 5.97 Å². The highest BCUT2D eigenvalue weighted by Crippen LogP contribution is 2.27. The van der Waals surface area contributed by atoms with Crippen molar-refractivity contribution in [3.8, 4) is 0 Å². The van der Waals surface area contributed by atoms with Crippen LogP contribution in [0.2, 0.25) is 0 Å². The molecule has 0 aromatic carbocycles. The Bertz CT molecular complexity index is 417. The first kappa shape index (κ1) is 14.0. The Hall–Kier alpha value is -1.42. The number of hydrogen-bond acceptors (Lipinski definition) is 3. The van der Waals surface area contributed by atoms with Gasteiger partial charge in [-0.15, -0.1) is 0 Å². The van der Waals surface area contributed by atoms with Gasteiger partial charge in [-0.3, -0.25) is 4.98 Å². The molecule has 1 heterocycles. The summed E-state index contributed by atoms with van der Waals surface area (Å²) < 4.78 is 0. The molecule has 0 amide bonds. The van der Waals surface area contributed by atoms with Crippen LogP contribution in [0.3, 0.4) is 0 Å². The lowest BCUT2D eigenvalue weighted by atomic mass is 9.82. The number of nitrogens with one attached hydrogen (secondary N) is 1. The molecule has 4 heteroatoms. The minimum absolute atomic E-state index is 0.241. The van der Waals surface area contributed by atoms with Crippen molar-refractivity contribution in [3.05, 3.63) is 29.6 Å². The fraction of sp³-hybridized carbons (Fsp3) is 0.600. The van der Waals surface area contributed by atoms with Gasteiger partial charge in [-0.05, 0) is 43.4 Å². The van der Waals surface area contributed by atoms with E-state index in [4.69, 9.17) is 5.11 Å². The van der Waals surface area contributed by atoms with E-state index < -0.39 is 5.97 Å². The summed E-state index contributed by atoms with van der Waals surface area (Å²) >= 11 is 0. The van der Waals surface area contributed by atoms with Gasteiger partial charge in [0.1, 0.15) is 0 Å². The van der Waals surface area contributed by atoms with Crippen molar-refractivity contribution >= 4 is 5.97 Å². The van der Waals surface area contributed by atoms with Crippen LogP contribution in [0.25, 0.3) is 0 Å². The summed E-state index contributed by atoms with van der Waals surface area (Å²) in [5.41, 5.74) is 1.14. The third-order valence-corrected chi connectivity index (χ3v) is 3.86. The second-order valence-corrected chi connectivity index (χ2v) is 5.61. The summed E-state index contributed by atoms with van der Waals surface area (Å²) in [5, 5.41) is 12.2. The Morgan fingerprint density at radius 1 is 1.47 bits per heavy atom. The zero-order valence-corrected chi connectivity index (χ0v) is 11.4. The summed E-state index contributed by atoms with van der Waals surface area (Å²) in [6.45, 7) is 4.08. The average Bonchev–Trinajstić information content (AvgIpc) is 2.39. The minimum atomic E-state index is -0.928. The van der Waals surface area contributed by atoms with Crippen LogP contribution in [0.4, 0.5) is 0 Å². The number of aromatic nitrogens is 1. The third kappa shape index (κ3) is 4.31. The molecule has 1 fully saturated rings. The van der Waals surface area contributed by atoms with E-state index in [0.29, 0.717) is 6.54 Å². The molecular formula is C15H22N2O2. The lowest BCUT2D eigenvalue weighted by molar-refractivity contribution is 0.0696. The lowest BCUT2D eigenvalue weighted by Crippen LogP contribution is -2.26. The Morgan fingerprint density at radius 2 is 2.32 bits per heavy atom. The number of carbonyl (C=O) groups is 1. The molecule has 4 nitrogen and oxygen atoms in total. The van der Waals surface area contributed by atoms with Crippen LogP contribution in [0, 0.1) is 11.8 Å². The SMILES string of the molecule is CC1CCCC(CNCc2ccc(C(=O)O)cn2)C1. The summed E-state index contributed by atoms with van der Waals surface area (Å²) in [4.78, 5) is 14.9. The summed E-state index contributed by atoms with van der Waals surface area (Å²) in [6, 6.07) is 3.38.